The van der Waals surface area contributed by atoms with E-state index in [4.69, 9.17) is 0 Å². The molecular weight excluding hydrogens is 156 g/mol. The average molecular weight is 176 g/mol. The van der Waals surface area contributed by atoms with Crippen molar-refractivity contribution in [3.63, 3.8) is 0 Å². The van der Waals surface area contributed by atoms with Gasteiger partial charge in [0.2, 0.25) is 0 Å². The molecule has 72 valence electrons. The van der Waals surface area contributed by atoms with Crippen molar-refractivity contribution in [1.29, 1.82) is 0 Å². The van der Waals surface area contributed by atoms with Crippen LogP contribution in [0.2, 0.25) is 0 Å². The van der Waals surface area contributed by atoms with Gasteiger partial charge in [-0.2, -0.15) is 0 Å². The lowest BCUT2D eigenvalue weighted by molar-refractivity contribution is 0.179. The van der Waals surface area contributed by atoms with E-state index in [2.05, 4.69) is 38.2 Å². The first-order valence-corrected chi connectivity index (χ1v) is 5.62. The van der Waals surface area contributed by atoms with E-state index in [-0.39, 0.29) is 0 Å². The van der Waals surface area contributed by atoms with Crippen molar-refractivity contribution in [2.45, 2.75) is 33.1 Å². The first kappa shape index (κ1) is 9.05. The van der Waals surface area contributed by atoms with Crippen LogP contribution >= 0.6 is 0 Å². The van der Waals surface area contributed by atoms with E-state index in [1.54, 1.807) is 0 Å². The fraction of sp³-hybridized carbons (Fsp3) is 0.692. The molecule has 0 saturated heterocycles. The molecule has 0 bridgehead atoms. The third-order valence-electron chi connectivity index (χ3n) is 3.79. The third-order valence-corrected chi connectivity index (χ3v) is 3.79. The van der Waals surface area contributed by atoms with Crippen molar-refractivity contribution in [2.75, 3.05) is 0 Å². The van der Waals surface area contributed by atoms with Gasteiger partial charge in [-0.25, -0.2) is 0 Å². The Bertz CT molecular complexity index is 212. The second kappa shape index (κ2) is 3.69. The Labute approximate surface area is 81.7 Å². The molecule has 0 spiro atoms. The summed E-state index contributed by atoms with van der Waals surface area (Å²) < 4.78 is 0. The Balaban J connectivity index is 2.03. The van der Waals surface area contributed by atoms with E-state index >= 15 is 0 Å². The summed E-state index contributed by atoms with van der Waals surface area (Å²) in [6.45, 7) is 4.83. The van der Waals surface area contributed by atoms with E-state index in [9.17, 15) is 0 Å². The number of rotatable bonds is 1. The predicted octanol–water partition coefficient (Wildman–Crippen LogP) is 3.80. The largest absolute Gasteiger partial charge is 0.0773 e. The molecular formula is C13H20. The molecule has 13 heavy (non-hydrogen) atoms. The van der Waals surface area contributed by atoms with Gasteiger partial charge in [0, 0.05) is 0 Å². The van der Waals surface area contributed by atoms with Crippen LogP contribution in [-0.2, 0) is 0 Å². The Morgan fingerprint density at radius 3 is 2.38 bits per heavy atom. The van der Waals surface area contributed by atoms with Crippen LogP contribution < -0.4 is 0 Å². The smallest absolute Gasteiger partial charge is 0.00163 e. The molecule has 0 heteroatoms. The summed E-state index contributed by atoms with van der Waals surface area (Å²) in [5.74, 6) is 3.54. The van der Waals surface area contributed by atoms with Crippen LogP contribution in [0, 0.1) is 23.7 Å². The topological polar surface area (TPSA) is 0 Å². The number of allylic oxidation sites excluding steroid dienone is 4. The summed E-state index contributed by atoms with van der Waals surface area (Å²) in [6, 6.07) is 0. The van der Waals surface area contributed by atoms with Gasteiger partial charge in [0.15, 0.2) is 0 Å². The molecule has 3 atom stereocenters. The maximum Gasteiger partial charge on any atom is -0.00163 e. The lowest BCUT2D eigenvalue weighted by Gasteiger charge is -2.35. The SMILES string of the molecule is CC1CCC(C)C(C2C=CC=C2)C1. The summed E-state index contributed by atoms with van der Waals surface area (Å²) >= 11 is 0. The normalized spacial score (nSPS) is 40.0. The first-order valence-electron chi connectivity index (χ1n) is 5.62. The highest BCUT2D eigenvalue weighted by molar-refractivity contribution is 5.19. The predicted molar refractivity (Wildman–Crippen MR) is 57.4 cm³/mol. The summed E-state index contributed by atoms with van der Waals surface area (Å²) in [5.41, 5.74) is 0. The summed E-state index contributed by atoms with van der Waals surface area (Å²) in [6.07, 6.45) is 13.5. The highest BCUT2D eigenvalue weighted by Crippen LogP contribution is 2.39. The fourth-order valence-electron chi connectivity index (χ4n) is 2.85. The summed E-state index contributed by atoms with van der Waals surface area (Å²) in [7, 11) is 0. The molecule has 3 unspecified atom stereocenters. The molecule has 0 heterocycles. The van der Waals surface area contributed by atoms with Crippen molar-refractivity contribution in [1.82, 2.24) is 0 Å². The average Bonchev–Trinajstić information content (AvgIpc) is 2.61. The lowest BCUT2D eigenvalue weighted by atomic mass is 9.70. The molecule has 0 aromatic heterocycles. The zero-order valence-corrected chi connectivity index (χ0v) is 8.74. The van der Waals surface area contributed by atoms with Crippen LogP contribution in [0.15, 0.2) is 24.3 Å². The van der Waals surface area contributed by atoms with Crippen molar-refractivity contribution >= 4 is 0 Å². The third kappa shape index (κ3) is 1.87. The Kier molecular flexibility index (Phi) is 2.57. The van der Waals surface area contributed by atoms with Crippen LogP contribution in [0.1, 0.15) is 33.1 Å². The van der Waals surface area contributed by atoms with Crippen molar-refractivity contribution < 1.29 is 0 Å². The van der Waals surface area contributed by atoms with Gasteiger partial charge in [-0.15, -0.1) is 0 Å². The molecule has 0 nitrogen and oxygen atoms in total. The van der Waals surface area contributed by atoms with E-state index in [0.29, 0.717) is 0 Å². The van der Waals surface area contributed by atoms with Gasteiger partial charge in [-0.3, -0.25) is 0 Å². The van der Waals surface area contributed by atoms with Crippen molar-refractivity contribution in [3.8, 4) is 0 Å². The van der Waals surface area contributed by atoms with Crippen molar-refractivity contribution in [3.05, 3.63) is 24.3 Å². The Morgan fingerprint density at radius 2 is 1.69 bits per heavy atom. The molecule has 2 aliphatic carbocycles. The second-order valence-electron chi connectivity index (χ2n) is 4.91. The Morgan fingerprint density at radius 1 is 1.00 bits per heavy atom. The van der Waals surface area contributed by atoms with Crippen LogP contribution in [0.4, 0.5) is 0 Å². The maximum atomic E-state index is 2.43. The van der Waals surface area contributed by atoms with Gasteiger partial charge < -0.3 is 0 Å². The van der Waals surface area contributed by atoms with Gasteiger partial charge >= 0.3 is 0 Å². The highest BCUT2D eigenvalue weighted by Gasteiger charge is 2.29. The van der Waals surface area contributed by atoms with Crippen LogP contribution in [0.25, 0.3) is 0 Å². The zero-order chi connectivity index (χ0) is 9.26. The number of hydrogen-bond donors (Lipinski definition) is 0. The molecule has 2 aliphatic rings. The standard InChI is InChI=1S/C13H20/c1-10-7-8-11(2)13(9-10)12-5-3-4-6-12/h3-6,10-13H,7-9H2,1-2H3. The molecule has 0 N–H and O–H groups in total. The molecule has 0 aromatic rings. The van der Waals surface area contributed by atoms with Crippen LogP contribution in [-0.4, -0.2) is 0 Å². The van der Waals surface area contributed by atoms with Crippen molar-refractivity contribution in [2.24, 2.45) is 23.7 Å². The van der Waals surface area contributed by atoms with E-state index in [1.807, 2.05) is 0 Å². The minimum absolute atomic E-state index is 0.748. The van der Waals surface area contributed by atoms with E-state index in [0.717, 1.165) is 23.7 Å². The van der Waals surface area contributed by atoms with Crippen LogP contribution in [0.5, 0.6) is 0 Å². The van der Waals surface area contributed by atoms with Gasteiger partial charge in [-0.1, -0.05) is 51.0 Å². The summed E-state index contributed by atoms with van der Waals surface area (Å²) in [5, 5.41) is 0. The zero-order valence-electron chi connectivity index (χ0n) is 8.74. The van der Waals surface area contributed by atoms with Gasteiger partial charge in [0.25, 0.3) is 0 Å². The fourth-order valence-corrected chi connectivity index (χ4v) is 2.85. The molecule has 0 aromatic carbocycles. The minimum Gasteiger partial charge on any atom is -0.0773 e. The second-order valence-corrected chi connectivity index (χ2v) is 4.91. The molecule has 1 saturated carbocycles. The monoisotopic (exact) mass is 176 g/mol. The van der Waals surface area contributed by atoms with Gasteiger partial charge in [-0.05, 0) is 30.1 Å². The maximum absolute atomic E-state index is 2.43. The number of hydrogen-bond acceptors (Lipinski definition) is 0. The van der Waals surface area contributed by atoms with E-state index < -0.39 is 0 Å². The molecule has 2 rings (SSSR count). The quantitative estimate of drug-likeness (QED) is 0.570. The molecule has 0 amide bonds. The molecule has 0 aliphatic heterocycles. The molecule has 0 radical (unpaired) electrons. The lowest BCUT2D eigenvalue weighted by Crippen LogP contribution is -2.26. The highest BCUT2D eigenvalue weighted by atomic mass is 14.3. The van der Waals surface area contributed by atoms with E-state index in [1.165, 1.54) is 19.3 Å². The van der Waals surface area contributed by atoms with Gasteiger partial charge in [0.05, 0.1) is 0 Å². The first-order chi connectivity index (χ1) is 6.27. The Hall–Kier alpha value is -0.520. The summed E-state index contributed by atoms with van der Waals surface area (Å²) in [4.78, 5) is 0. The minimum atomic E-state index is 0.748. The van der Waals surface area contributed by atoms with Gasteiger partial charge in [0.1, 0.15) is 0 Å². The van der Waals surface area contributed by atoms with Crippen LogP contribution in [0.3, 0.4) is 0 Å². The molecule has 1 fully saturated rings.